The van der Waals surface area contributed by atoms with Crippen LogP contribution in [0.3, 0.4) is 0 Å². The molecule has 0 aliphatic heterocycles. The largest absolute Gasteiger partial charge is 0.478 e. The first-order valence-corrected chi connectivity index (χ1v) is 6.67. The normalized spacial score (nSPS) is 10.5. The lowest BCUT2D eigenvalue weighted by Crippen LogP contribution is -2.04. The van der Waals surface area contributed by atoms with Crippen LogP contribution in [0.2, 0.25) is 0 Å². The van der Waals surface area contributed by atoms with Gasteiger partial charge in [-0.05, 0) is 48.5 Å². The van der Waals surface area contributed by atoms with Gasteiger partial charge in [-0.3, -0.25) is 0 Å². The number of aromatic nitrogens is 2. The average molecular weight is 312 g/mol. The molecule has 0 atom stereocenters. The van der Waals surface area contributed by atoms with Gasteiger partial charge in [-0.15, -0.1) is 0 Å². The molecule has 4 nitrogen and oxygen atoms in total. The van der Waals surface area contributed by atoms with E-state index >= 15 is 0 Å². The highest BCUT2D eigenvalue weighted by Crippen LogP contribution is 2.25. The molecular formula is C17H10F2N2O2. The number of carboxylic acid groups (broad SMARTS) is 1. The maximum atomic E-state index is 13.1. The molecule has 0 spiro atoms. The molecule has 0 aliphatic rings. The Hall–Kier alpha value is -3.15. The molecule has 0 bridgehead atoms. The molecule has 23 heavy (non-hydrogen) atoms. The van der Waals surface area contributed by atoms with Crippen LogP contribution in [-0.2, 0) is 0 Å². The minimum atomic E-state index is -1.19. The van der Waals surface area contributed by atoms with Crippen LogP contribution in [0.15, 0.2) is 54.7 Å². The third kappa shape index (κ3) is 3.06. The molecule has 0 saturated carbocycles. The fourth-order valence-corrected chi connectivity index (χ4v) is 2.10. The van der Waals surface area contributed by atoms with Crippen molar-refractivity contribution in [2.24, 2.45) is 0 Å². The smallest absolute Gasteiger partial charge is 0.339 e. The first-order valence-electron chi connectivity index (χ1n) is 6.67. The Balaban J connectivity index is 2.15. The van der Waals surface area contributed by atoms with Crippen LogP contribution in [0.25, 0.3) is 22.6 Å². The molecule has 1 heterocycles. The molecule has 1 aromatic heterocycles. The Bertz CT molecular complexity index is 863. The topological polar surface area (TPSA) is 63.1 Å². The summed E-state index contributed by atoms with van der Waals surface area (Å²) in [5.74, 6) is -1.75. The highest BCUT2D eigenvalue weighted by Gasteiger charge is 2.16. The first kappa shape index (κ1) is 14.8. The summed E-state index contributed by atoms with van der Waals surface area (Å²) in [6, 6.07) is 10.9. The molecule has 0 aliphatic carbocycles. The predicted molar refractivity (Wildman–Crippen MR) is 79.8 cm³/mol. The quantitative estimate of drug-likeness (QED) is 0.799. The second kappa shape index (κ2) is 5.92. The summed E-state index contributed by atoms with van der Waals surface area (Å²) in [5.41, 5.74) is 1.08. The maximum absolute atomic E-state index is 13.1. The van der Waals surface area contributed by atoms with Crippen LogP contribution < -0.4 is 0 Å². The van der Waals surface area contributed by atoms with Gasteiger partial charge >= 0.3 is 5.97 Å². The summed E-state index contributed by atoms with van der Waals surface area (Å²) in [6.45, 7) is 0. The van der Waals surface area contributed by atoms with E-state index < -0.39 is 17.6 Å². The van der Waals surface area contributed by atoms with Gasteiger partial charge in [0, 0.05) is 17.3 Å². The van der Waals surface area contributed by atoms with Gasteiger partial charge in [0.2, 0.25) is 0 Å². The number of carbonyl (C=O) groups is 1. The van der Waals surface area contributed by atoms with Gasteiger partial charge in [0.15, 0.2) is 5.82 Å². The van der Waals surface area contributed by atoms with Crippen LogP contribution in [0, 0.1) is 11.6 Å². The first-order chi connectivity index (χ1) is 11.0. The van der Waals surface area contributed by atoms with E-state index in [0.717, 1.165) is 0 Å². The van der Waals surface area contributed by atoms with E-state index in [4.69, 9.17) is 0 Å². The van der Waals surface area contributed by atoms with Gasteiger partial charge in [0.25, 0.3) is 0 Å². The maximum Gasteiger partial charge on any atom is 0.339 e. The van der Waals surface area contributed by atoms with Gasteiger partial charge in [-0.2, -0.15) is 0 Å². The van der Waals surface area contributed by atoms with E-state index in [1.54, 1.807) is 0 Å². The molecule has 0 radical (unpaired) electrons. The molecule has 0 saturated heterocycles. The van der Waals surface area contributed by atoms with E-state index in [1.165, 1.54) is 54.7 Å². The number of nitrogens with zero attached hydrogens (tertiary/aromatic N) is 2. The average Bonchev–Trinajstić information content (AvgIpc) is 2.55. The second-order valence-electron chi connectivity index (χ2n) is 4.77. The van der Waals surface area contributed by atoms with E-state index in [-0.39, 0.29) is 17.1 Å². The lowest BCUT2D eigenvalue weighted by molar-refractivity contribution is 0.0697. The summed E-state index contributed by atoms with van der Waals surface area (Å²) in [5, 5.41) is 9.28. The van der Waals surface area contributed by atoms with Gasteiger partial charge < -0.3 is 5.11 Å². The van der Waals surface area contributed by atoms with E-state index in [2.05, 4.69) is 9.97 Å². The van der Waals surface area contributed by atoms with Crippen molar-refractivity contribution in [1.82, 2.24) is 9.97 Å². The minimum Gasteiger partial charge on any atom is -0.478 e. The molecule has 3 aromatic rings. The van der Waals surface area contributed by atoms with Crippen LogP contribution in [0.5, 0.6) is 0 Å². The van der Waals surface area contributed by atoms with Gasteiger partial charge in [-0.1, -0.05) is 0 Å². The summed E-state index contributed by atoms with van der Waals surface area (Å²) in [6.07, 6.45) is 1.19. The van der Waals surface area contributed by atoms with Crippen LogP contribution in [0.1, 0.15) is 10.4 Å². The zero-order valence-electron chi connectivity index (χ0n) is 11.7. The monoisotopic (exact) mass is 312 g/mol. The Kier molecular flexibility index (Phi) is 3.80. The van der Waals surface area contributed by atoms with Gasteiger partial charge in [0.05, 0.1) is 5.69 Å². The fraction of sp³-hybridized carbons (Fsp3) is 0. The zero-order valence-corrected chi connectivity index (χ0v) is 11.7. The summed E-state index contributed by atoms with van der Waals surface area (Å²) in [7, 11) is 0. The Morgan fingerprint density at radius 2 is 1.39 bits per heavy atom. The second-order valence-corrected chi connectivity index (χ2v) is 4.77. The highest BCUT2D eigenvalue weighted by molar-refractivity contribution is 5.94. The molecular weight excluding hydrogens is 302 g/mol. The number of carboxylic acids is 1. The SMILES string of the molecule is O=C(O)c1cnc(-c2ccc(F)cc2)nc1-c1ccc(F)cc1. The number of hydrogen-bond donors (Lipinski definition) is 1. The van der Waals surface area contributed by atoms with E-state index in [1.807, 2.05) is 0 Å². The standard InChI is InChI=1S/C17H10F2N2O2/c18-12-5-1-10(2-6-12)15-14(17(22)23)9-20-16(21-15)11-3-7-13(19)8-4-11/h1-9H,(H,22,23). The van der Waals surface area contributed by atoms with E-state index in [0.29, 0.717) is 11.1 Å². The zero-order chi connectivity index (χ0) is 16.4. The number of aromatic carboxylic acids is 1. The molecule has 114 valence electrons. The van der Waals surface area contributed by atoms with Crippen molar-refractivity contribution in [3.8, 4) is 22.6 Å². The van der Waals surface area contributed by atoms with Crippen molar-refractivity contribution in [1.29, 1.82) is 0 Å². The number of hydrogen-bond acceptors (Lipinski definition) is 3. The van der Waals surface area contributed by atoms with Crippen molar-refractivity contribution in [2.45, 2.75) is 0 Å². The van der Waals surface area contributed by atoms with Crippen molar-refractivity contribution >= 4 is 5.97 Å². The fourth-order valence-electron chi connectivity index (χ4n) is 2.10. The number of benzene rings is 2. The lowest BCUT2D eigenvalue weighted by atomic mass is 10.1. The molecule has 1 N–H and O–H groups in total. The molecule has 2 aromatic carbocycles. The van der Waals surface area contributed by atoms with Gasteiger partial charge in [-0.25, -0.2) is 23.5 Å². The third-order valence-electron chi connectivity index (χ3n) is 3.24. The van der Waals surface area contributed by atoms with Gasteiger partial charge in [0.1, 0.15) is 17.2 Å². The Morgan fingerprint density at radius 1 is 0.870 bits per heavy atom. The third-order valence-corrected chi connectivity index (χ3v) is 3.24. The Labute approximate surface area is 130 Å². The number of rotatable bonds is 3. The van der Waals surface area contributed by atoms with Crippen LogP contribution in [-0.4, -0.2) is 21.0 Å². The molecule has 3 rings (SSSR count). The van der Waals surface area contributed by atoms with Crippen molar-refractivity contribution in [3.63, 3.8) is 0 Å². The molecule has 0 amide bonds. The van der Waals surface area contributed by atoms with E-state index in [9.17, 15) is 18.7 Å². The van der Waals surface area contributed by atoms with Crippen molar-refractivity contribution < 1.29 is 18.7 Å². The van der Waals surface area contributed by atoms with Crippen molar-refractivity contribution in [2.75, 3.05) is 0 Å². The van der Waals surface area contributed by atoms with Crippen LogP contribution >= 0.6 is 0 Å². The molecule has 0 fully saturated rings. The van der Waals surface area contributed by atoms with Crippen molar-refractivity contribution in [3.05, 3.63) is 71.9 Å². The predicted octanol–water partition coefficient (Wildman–Crippen LogP) is 3.79. The minimum absolute atomic E-state index is 0.0949. The molecule has 0 unspecified atom stereocenters. The Morgan fingerprint density at radius 3 is 1.91 bits per heavy atom. The summed E-state index contributed by atoms with van der Waals surface area (Å²) < 4.78 is 26.1. The van der Waals surface area contributed by atoms with Crippen LogP contribution in [0.4, 0.5) is 8.78 Å². The lowest BCUT2D eigenvalue weighted by Gasteiger charge is -2.08. The summed E-state index contributed by atoms with van der Waals surface area (Å²) in [4.78, 5) is 19.6. The summed E-state index contributed by atoms with van der Waals surface area (Å²) >= 11 is 0. The number of halogens is 2. The highest BCUT2D eigenvalue weighted by atomic mass is 19.1. The molecule has 6 heteroatoms.